The quantitative estimate of drug-likeness (QED) is 0.587. The smallest absolute Gasteiger partial charge is 0.214 e. The standard InChI is InChI=1S/C9H13.C5H5.Ru/c1-2-3-6-9-7-4-5-8-9;1-2-4-5-3-1;/h4-5,7-8H,2-3,6H2,1H3;1-5H;/q2*-1;+2. The summed E-state index contributed by atoms with van der Waals surface area (Å²) in [6.45, 7) is 2.23. The summed E-state index contributed by atoms with van der Waals surface area (Å²) in [6.07, 6.45) is 3.87. The van der Waals surface area contributed by atoms with Crippen LogP contribution in [0.1, 0.15) is 25.3 Å². The molecule has 0 radical (unpaired) electrons. The first-order valence-corrected chi connectivity index (χ1v) is 5.30. The zero-order valence-electron chi connectivity index (χ0n) is 9.17. The molecule has 0 unspecified atom stereocenters. The molecule has 0 N–H and O–H groups in total. The van der Waals surface area contributed by atoms with E-state index in [0.29, 0.717) is 0 Å². The van der Waals surface area contributed by atoms with E-state index in [1.807, 2.05) is 30.3 Å². The molecule has 0 saturated heterocycles. The van der Waals surface area contributed by atoms with Gasteiger partial charge in [0, 0.05) is 0 Å². The summed E-state index contributed by atoms with van der Waals surface area (Å²) < 4.78 is 0. The average Bonchev–Trinajstić information content (AvgIpc) is 2.90. The topological polar surface area (TPSA) is 0 Å². The van der Waals surface area contributed by atoms with Gasteiger partial charge in [0.15, 0.2) is 0 Å². The van der Waals surface area contributed by atoms with Crippen LogP contribution in [0, 0.1) is 0 Å². The second-order valence-corrected chi connectivity index (χ2v) is 3.36. The normalized spacial score (nSPS) is 8.60. The zero-order chi connectivity index (χ0) is 10.1. The summed E-state index contributed by atoms with van der Waals surface area (Å²) in [5.74, 6) is 0. The van der Waals surface area contributed by atoms with Gasteiger partial charge in [-0.25, -0.2) is 24.3 Å². The molecule has 0 atom stereocenters. The van der Waals surface area contributed by atoms with Crippen molar-refractivity contribution in [1.82, 2.24) is 0 Å². The fourth-order valence-electron chi connectivity index (χ4n) is 1.28. The molecule has 15 heavy (non-hydrogen) atoms. The van der Waals surface area contributed by atoms with Crippen molar-refractivity contribution in [2.75, 3.05) is 0 Å². The van der Waals surface area contributed by atoms with E-state index >= 15 is 0 Å². The Bertz CT molecular complexity index is 262. The molecule has 0 aliphatic rings. The Balaban J connectivity index is 0.000000280. The van der Waals surface area contributed by atoms with Crippen LogP contribution in [-0.4, -0.2) is 0 Å². The van der Waals surface area contributed by atoms with Gasteiger partial charge >= 0.3 is 19.5 Å². The van der Waals surface area contributed by atoms with Crippen LogP contribution in [0.3, 0.4) is 0 Å². The van der Waals surface area contributed by atoms with Crippen molar-refractivity contribution in [3.63, 3.8) is 0 Å². The van der Waals surface area contributed by atoms with Crippen molar-refractivity contribution < 1.29 is 19.5 Å². The minimum absolute atomic E-state index is 0. The Labute approximate surface area is 106 Å². The maximum absolute atomic E-state index is 2.23. The van der Waals surface area contributed by atoms with Crippen molar-refractivity contribution in [3.8, 4) is 0 Å². The minimum Gasteiger partial charge on any atom is -0.214 e. The second-order valence-electron chi connectivity index (χ2n) is 3.36. The van der Waals surface area contributed by atoms with E-state index in [0.717, 1.165) is 0 Å². The maximum atomic E-state index is 2.23. The third-order valence-electron chi connectivity index (χ3n) is 2.11. The molecule has 0 fully saturated rings. The van der Waals surface area contributed by atoms with Crippen LogP contribution in [0.5, 0.6) is 0 Å². The van der Waals surface area contributed by atoms with Gasteiger partial charge in [-0.2, -0.15) is 35.9 Å². The van der Waals surface area contributed by atoms with Crippen LogP contribution in [0.25, 0.3) is 0 Å². The molecular weight excluding hydrogens is 269 g/mol. The van der Waals surface area contributed by atoms with E-state index in [-0.39, 0.29) is 19.5 Å². The zero-order valence-corrected chi connectivity index (χ0v) is 10.9. The molecule has 0 aliphatic carbocycles. The molecule has 0 heterocycles. The first-order chi connectivity index (χ1) is 6.93. The van der Waals surface area contributed by atoms with Crippen molar-refractivity contribution in [2.45, 2.75) is 26.2 Å². The Morgan fingerprint density at radius 1 is 1.07 bits per heavy atom. The molecule has 2 aromatic rings. The molecule has 0 spiro atoms. The van der Waals surface area contributed by atoms with Crippen LogP contribution < -0.4 is 0 Å². The van der Waals surface area contributed by atoms with E-state index in [9.17, 15) is 0 Å². The Kier molecular flexibility index (Phi) is 9.42. The summed E-state index contributed by atoms with van der Waals surface area (Å²) in [4.78, 5) is 0. The summed E-state index contributed by atoms with van der Waals surface area (Å²) in [7, 11) is 0. The number of unbranched alkanes of at least 4 members (excludes halogenated alkanes) is 1. The molecule has 0 nitrogen and oxygen atoms in total. The van der Waals surface area contributed by atoms with Crippen molar-refractivity contribution in [2.24, 2.45) is 0 Å². The predicted molar refractivity (Wildman–Crippen MR) is 62.7 cm³/mol. The second kappa shape index (κ2) is 9.86. The first-order valence-electron chi connectivity index (χ1n) is 5.30. The van der Waals surface area contributed by atoms with Crippen molar-refractivity contribution in [3.05, 3.63) is 60.2 Å². The van der Waals surface area contributed by atoms with Gasteiger partial charge in [0.05, 0.1) is 0 Å². The van der Waals surface area contributed by atoms with Crippen LogP contribution in [-0.2, 0) is 25.9 Å². The molecule has 0 saturated carbocycles. The fourth-order valence-corrected chi connectivity index (χ4v) is 1.28. The number of aryl methyl sites for hydroxylation is 1. The average molecular weight is 287 g/mol. The molecule has 1 heteroatoms. The van der Waals surface area contributed by atoms with Gasteiger partial charge < -0.3 is 0 Å². The van der Waals surface area contributed by atoms with Gasteiger partial charge in [0.1, 0.15) is 0 Å². The Morgan fingerprint density at radius 2 is 1.80 bits per heavy atom. The van der Waals surface area contributed by atoms with E-state index in [4.69, 9.17) is 0 Å². The van der Waals surface area contributed by atoms with E-state index in [1.54, 1.807) is 0 Å². The summed E-state index contributed by atoms with van der Waals surface area (Å²) in [6, 6.07) is 18.6. The number of hydrogen-bond acceptors (Lipinski definition) is 0. The fraction of sp³-hybridized carbons (Fsp3) is 0.286. The summed E-state index contributed by atoms with van der Waals surface area (Å²) in [5.41, 5.74) is 1.48. The van der Waals surface area contributed by atoms with Gasteiger partial charge in [-0.3, -0.25) is 0 Å². The predicted octanol–water partition coefficient (Wildman–Crippen LogP) is 4.15. The van der Waals surface area contributed by atoms with Gasteiger partial charge in [-0.1, -0.05) is 26.2 Å². The molecule has 82 valence electrons. The molecule has 0 aromatic heterocycles. The van der Waals surface area contributed by atoms with Crippen LogP contribution >= 0.6 is 0 Å². The Morgan fingerprint density at radius 3 is 2.20 bits per heavy atom. The van der Waals surface area contributed by atoms with Gasteiger partial charge in [-0.15, -0.1) is 0 Å². The van der Waals surface area contributed by atoms with Gasteiger partial charge in [-0.05, 0) is 0 Å². The van der Waals surface area contributed by atoms with Crippen LogP contribution in [0.4, 0.5) is 0 Å². The van der Waals surface area contributed by atoms with E-state index < -0.39 is 0 Å². The Hall–Kier alpha value is -0.677. The monoisotopic (exact) mass is 288 g/mol. The molecule has 2 rings (SSSR count). The van der Waals surface area contributed by atoms with Crippen LogP contribution in [0.15, 0.2) is 54.6 Å². The molecule has 0 bridgehead atoms. The number of hydrogen-bond donors (Lipinski definition) is 0. The molecule has 0 aliphatic heterocycles. The maximum Gasteiger partial charge on any atom is 2.00 e. The molecule has 0 amide bonds. The van der Waals surface area contributed by atoms with Crippen molar-refractivity contribution >= 4 is 0 Å². The third-order valence-corrected chi connectivity index (χ3v) is 2.11. The van der Waals surface area contributed by atoms with E-state index in [2.05, 4.69) is 31.2 Å². The summed E-state index contributed by atoms with van der Waals surface area (Å²) >= 11 is 0. The van der Waals surface area contributed by atoms with Crippen molar-refractivity contribution in [1.29, 1.82) is 0 Å². The van der Waals surface area contributed by atoms with Crippen LogP contribution in [0.2, 0.25) is 0 Å². The summed E-state index contributed by atoms with van der Waals surface area (Å²) in [5, 5.41) is 0. The van der Waals surface area contributed by atoms with Gasteiger partial charge in [0.25, 0.3) is 0 Å². The minimum atomic E-state index is 0. The number of rotatable bonds is 3. The van der Waals surface area contributed by atoms with Gasteiger partial charge in [0.2, 0.25) is 0 Å². The first kappa shape index (κ1) is 14.3. The molecular formula is C14H18Ru. The SMILES string of the molecule is CCCCc1ccc[cH-]1.[Ru+2].c1cc[cH-]c1. The molecule has 2 aromatic carbocycles. The van der Waals surface area contributed by atoms with E-state index in [1.165, 1.54) is 24.8 Å². The third kappa shape index (κ3) is 7.28. The largest absolute Gasteiger partial charge is 2.00 e.